The van der Waals surface area contributed by atoms with Gasteiger partial charge in [-0.1, -0.05) is 6.58 Å². The second-order valence-electron chi connectivity index (χ2n) is 2.29. The molecule has 48 valence electrons. The average Bonchev–Trinajstić information content (AvgIpc) is 1.80. The summed E-state index contributed by atoms with van der Waals surface area (Å²) in [5.74, 6) is 0. The minimum Gasteiger partial charge on any atom is -0.355 e. The Kier molecular flexibility index (Phi) is 1.43. The van der Waals surface area contributed by atoms with Crippen LogP contribution in [0.3, 0.4) is 0 Å². The van der Waals surface area contributed by atoms with E-state index in [9.17, 15) is 0 Å². The van der Waals surface area contributed by atoms with Crippen LogP contribution >= 0.6 is 0 Å². The first-order valence-electron chi connectivity index (χ1n) is 2.98. The SMILES string of the molecule is C=C1C=CN(C)C(C)=C1. The van der Waals surface area contributed by atoms with Crippen LogP contribution in [0.1, 0.15) is 6.92 Å². The Bertz CT molecular complexity index is 187. The molecule has 0 atom stereocenters. The lowest BCUT2D eigenvalue weighted by molar-refractivity contribution is 0.564. The van der Waals surface area contributed by atoms with Crippen LogP contribution in [0.25, 0.3) is 0 Å². The monoisotopic (exact) mass is 121 g/mol. The minimum absolute atomic E-state index is 1.07. The molecule has 1 heterocycles. The van der Waals surface area contributed by atoms with Crippen molar-refractivity contribution in [1.29, 1.82) is 0 Å². The normalized spacial score (nSPS) is 18.2. The van der Waals surface area contributed by atoms with Gasteiger partial charge in [0, 0.05) is 18.9 Å². The molecule has 9 heavy (non-hydrogen) atoms. The third-order valence-corrected chi connectivity index (χ3v) is 1.46. The molecule has 0 bridgehead atoms. The van der Waals surface area contributed by atoms with Crippen molar-refractivity contribution >= 4 is 0 Å². The van der Waals surface area contributed by atoms with Crippen molar-refractivity contribution in [3.05, 3.63) is 36.2 Å². The van der Waals surface area contributed by atoms with Gasteiger partial charge in [0.2, 0.25) is 0 Å². The molecule has 0 spiro atoms. The van der Waals surface area contributed by atoms with E-state index in [1.807, 2.05) is 19.3 Å². The van der Waals surface area contributed by atoms with Gasteiger partial charge in [0.05, 0.1) is 0 Å². The fraction of sp³-hybridized carbons (Fsp3) is 0.250. The minimum atomic E-state index is 1.07. The molecule has 0 amide bonds. The van der Waals surface area contributed by atoms with Gasteiger partial charge < -0.3 is 4.90 Å². The smallest absolute Gasteiger partial charge is 0.0145 e. The van der Waals surface area contributed by atoms with E-state index >= 15 is 0 Å². The van der Waals surface area contributed by atoms with Crippen molar-refractivity contribution in [2.45, 2.75) is 6.92 Å². The number of nitrogens with zero attached hydrogens (tertiary/aromatic N) is 1. The van der Waals surface area contributed by atoms with Crippen molar-refractivity contribution in [2.75, 3.05) is 7.05 Å². The van der Waals surface area contributed by atoms with Gasteiger partial charge in [-0.3, -0.25) is 0 Å². The zero-order chi connectivity index (χ0) is 6.85. The predicted molar refractivity (Wildman–Crippen MR) is 39.8 cm³/mol. The second kappa shape index (κ2) is 2.09. The zero-order valence-electron chi connectivity index (χ0n) is 5.89. The van der Waals surface area contributed by atoms with Gasteiger partial charge in [0.25, 0.3) is 0 Å². The largest absolute Gasteiger partial charge is 0.355 e. The van der Waals surface area contributed by atoms with Crippen LogP contribution in [0.15, 0.2) is 36.2 Å². The summed E-state index contributed by atoms with van der Waals surface area (Å²) in [7, 11) is 2.02. The fourth-order valence-corrected chi connectivity index (χ4v) is 0.743. The first kappa shape index (κ1) is 6.14. The number of hydrogen-bond donors (Lipinski definition) is 0. The molecule has 1 aliphatic heterocycles. The lowest BCUT2D eigenvalue weighted by Gasteiger charge is -2.18. The summed E-state index contributed by atoms with van der Waals surface area (Å²) in [5.41, 5.74) is 2.31. The quantitative estimate of drug-likeness (QED) is 0.473. The summed E-state index contributed by atoms with van der Waals surface area (Å²) in [4.78, 5) is 2.06. The predicted octanol–water partition coefficient (Wildman–Crippen LogP) is 1.91. The maximum atomic E-state index is 3.81. The summed E-state index contributed by atoms with van der Waals surface area (Å²) in [6.45, 7) is 5.87. The summed E-state index contributed by atoms with van der Waals surface area (Å²) in [6.07, 6.45) is 6.06. The van der Waals surface area contributed by atoms with Crippen LogP contribution in [0.5, 0.6) is 0 Å². The zero-order valence-corrected chi connectivity index (χ0v) is 5.89. The average molecular weight is 121 g/mol. The second-order valence-corrected chi connectivity index (χ2v) is 2.29. The molecular formula is C8H11N. The highest BCUT2D eigenvalue weighted by molar-refractivity contribution is 5.33. The Balaban J connectivity index is 2.82. The molecule has 0 saturated carbocycles. The van der Waals surface area contributed by atoms with E-state index in [0.29, 0.717) is 0 Å². The Hall–Kier alpha value is -0.980. The van der Waals surface area contributed by atoms with Gasteiger partial charge in [0.1, 0.15) is 0 Å². The molecule has 0 aromatic heterocycles. The molecule has 1 rings (SSSR count). The number of rotatable bonds is 0. The van der Waals surface area contributed by atoms with Crippen LogP contribution in [0.4, 0.5) is 0 Å². The van der Waals surface area contributed by atoms with E-state index < -0.39 is 0 Å². The van der Waals surface area contributed by atoms with E-state index in [1.165, 1.54) is 5.70 Å². The first-order valence-corrected chi connectivity index (χ1v) is 2.98. The van der Waals surface area contributed by atoms with Crippen LogP contribution in [0.2, 0.25) is 0 Å². The van der Waals surface area contributed by atoms with E-state index in [2.05, 4.69) is 24.5 Å². The van der Waals surface area contributed by atoms with Crippen LogP contribution in [0, 0.1) is 0 Å². The molecule has 0 radical (unpaired) electrons. The van der Waals surface area contributed by atoms with Crippen molar-refractivity contribution in [3.63, 3.8) is 0 Å². The highest BCUT2D eigenvalue weighted by Crippen LogP contribution is 2.11. The molecule has 1 aliphatic rings. The molecule has 0 saturated heterocycles. The lowest BCUT2D eigenvalue weighted by Crippen LogP contribution is -2.09. The number of allylic oxidation sites excluding steroid dienone is 4. The van der Waals surface area contributed by atoms with Crippen LogP contribution in [-0.2, 0) is 0 Å². The fourth-order valence-electron chi connectivity index (χ4n) is 0.743. The van der Waals surface area contributed by atoms with Crippen molar-refractivity contribution in [3.8, 4) is 0 Å². The standard InChI is InChI=1S/C8H11N/c1-7-4-5-9(3)8(2)6-7/h4-6H,1H2,2-3H3. The summed E-state index contributed by atoms with van der Waals surface area (Å²) in [6, 6.07) is 0. The molecule has 0 aromatic rings. The van der Waals surface area contributed by atoms with Crippen molar-refractivity contribution in [2.24, 2.45) is 0 Å². The van der Waals surface area contributed by atoms with Gasteiger partial charge in [-0.25, -0.2) is 0 Å². The van der Waals surface area contributed by atoms with E-state index in [-0.39, 0.29) is 0 Å². The molecule has 1 heteroatoms. The van der Waals surface area contributed by atoms with E-state index in [0.717, 1.165) is 5.57 Å². The highest BCUT2D eigenvalue weighted by atomic mass is 15.1. The molecule has 0 aliphatic carbocycles. The Morgan fingerprint density at radius 3 is 2.67 bits per heavy atom. The topological polar surface area (TPSA) is 3.24 Å². The molecule has 0 aromatic carbocycles. The Morgan fingerprint density at radius 1 is 1.56 bits per heavy atom. The summed E-state index contributed by atoms with van der Waals surface area (Å²) >= 11 is 0. The highest BCUT2D eigenvalue weighted by Gasteiger charge is 1.98. The van der Waals surface area contributed by atoms with Gasteiger partial charge in [-0.2, -0.15) is 0 Å². The van der Waals surface area contributed by atoms with Gasteiger partial charge in [-0.15, -0.1) is 0 Å². The van der Waals surface area contributed by atoms with Crippen LogP contribution in [-0.4, -0.2) is 11.9 Å². The molecular weight excluding hydrogens is 110 g/mol. The Labute approximate surface area is 56.0 Å². The first-order chi connectivity index (χ1) is 4.20. The third-order valence-electron chi connectivity index (χ3n) is 1.46. The molecule has 1 nitrogen and oxygen atoms in total. The van der Waals surface area contributed by atoms with Crippen molar-refractivity contribution in [1.82, 2.24) is 4.90 Å². The van der Waals surface area contributed by atoms with Gasteiger partial charge in [-0.05, 0) is 24.6 Å². The molecule has 0 unspecified atom stereocenters. The number of hydrogen-bond acceptors (Lipinski definition) is 1. The molecule has 0 N–H and O–H groups in total. The maximum absolute atomic E-state index is 3.81. The summed E-state index contributed by atoms with van der Waals surface area (Å²) < 4.78 is 0. The maximum Gasteiger partial charge on any atom is 0.0145 e. The molecule has 0 fully saturated rings. The third kappa shape index (κ3) is 1.22. The van der Waals surface area contributed by atoms with E-state index in [1.54, 1.807) is 0 Å². The van der Waals surface area contributed by atoms with Gasteiger partial charge >= 0.3 is 0 Å². The summed E-state index contributed by atoms with van der Waals surface area (Å²) in [5, 5.41) is 0. The van der Waals surface area contributed by atoms with Crippen molar-refractivity contribution < 1.29 is 0 Å². The Morgan fingerprint density at radius 2 is 2.22 bits per heavy atom. The lowest BCUT2D eigenvalue weighted by atomic mass is 10.2. The van der Waals surface area contributed by atoms with E-state index in [4.69, 9.17) is 0 Å². The van der Waals surface area contributed by atoms with Gasteiger partial charge in [0.15, 0.2) is 0 Å². The van der Waals surface area contributed by atoms with Crippen LogP contribution < -0.4 is 0 Å².